The minimum absolute atomic E-state index is 0.176. The molecule has 3 rings (SSSR count). The Morgan fingerprint density at radius 1 is 1.30 bits per heavy atom. The molecule has 3 heteroatoms. The van der Waals surface area contributed by atoms with E-state index in [1.165, 1.54) is 31.1 Å². The number of hydrogen-bond acceptors (Lipinski definition) is 3. The van der Waals surface area contributed by atoms with Crippen LogP contribution in [0.25, 0.3) is 10.8 Å². The molecule has 1 aliphatic rings. The number of rotatable bonds is 3. The third-order valence-electron chi connectivity index (χ3n) is 5.31. The van der Waals surface area contributed by atoms with Gasteiger partial charge >= 0.3 is 0 Å². The number of hydrogen-bond donors (Lipinski definition) is 0. The lowest BCUT2D eigenvalue weighted by atomic mass is 9.78. The van der Waals surface area contributed by atoms with Crippen LogP contribution in [0, 0.1) is 29.1 Å². The van der Waals surface area contributed by atoms with Crippen molar-refractivity contribution in [3.05, 3.63) is 41.7 Å². The summed E-state index contributed by atoms with van der Waals surface area (Å²) in [6, 6.07) is 10.3. The molecule has 2 aromatic rings. The smallest absolute Gasteiger partial charge is 0.148 e. The number of pyridine rings is 1. The van der Waals surface area contributed by atoms with Crippen LogP contribution in [0.2, 0.25) is 0 Å². The lowest BCUT2D eigenvalue weighted by Gasteiger charge is -2.26. The number of aromatic nitrogens is 1. The Bertz CT molecular complexity index is 747. The molecule has 0 amide bonds. The van der Waals surface area contributed by atoms with Gasteiger partial charge < -0.3 is 4.79 Å². The molecule has 1 fully saturated rings. The minimum Gasteiger partial charge on any atom is -0.303 e. The van der Waals surface area contributed by atoms with Gasteiger partial charge in [-0.3, -0.25) is 0 Å². The standard InChI is InChI=1S/C20H22N2O/c1-14-4-2-3-5-17(13-23)19(14)11-15-6-7-18-16(10-15)8-9-22-20(18)12-21/h6-10,13-14,17,19H,2-5,11H2,1H3. The predicted octanol–water partition coefficient (Wildman–Crippen LogP) is 4.29. The second kappa shape index (κ2) is 6.91. The second-order valence-corrected chi connectivity index (χ2v) is 6.76. The summed E-state index contributed by atoms with van der Waals surface area (Å²) in [5.41, 5.74) is 1.72. The van der Waals surface area contributed by atoms with Crippen molar-refractivity contribution < 1.29 is 4.79 Å². The Morgan fingerprint density at radius 2 is 2.13 bits per heavy atom. The number of carbonyl (C=O) groups is 1. The van der Waals surface area contributed by atoms with E-state index >= 15 is 0 Å². The van der Waals surface area contributed by atoms with Crippen LogP contribution in [-0.2, 0) is 11.2 Å². The summed E-state index contributed by atoms with van der Waals surface area (Å²) in [5, 5.41) is 11.1. The molecule has 0 spiro atoms. The molecule has 1 aliphatic carbocycles. The van der Waals surface area contributed by atoms with Gasteiger partial charge in [0.15, 0.2) is 0 Å². The molecule has 3 atom stereocenters. The van der Waals surface area contributed by atoms with Crippen molar-refractivity contribution >= 4 is 17.1 Å². The highest BCUT2D eigenvalue weighted by molar-refractivity contribution is 5.86. The van der Waals surface area contributed by atoms with Crippen molar-refractivity contribution in [1.29, 1.82) is 5.26 Å². The fourth-order valence-corrected chi connectivity index (χ4v) is 3.93. The highest BCUT2D eigenvalue weighted by atomic mass is 16.1. The fourth-order valence-electron chi connectivity index (χ4n) is 3.93. The SMILES string of the molecule is CC1CCCCC(C=O)C1Cc1ccc2c(C#N)nccc2c1. The van der Waals surface area contributed by atoms with Gasteiger partial charge in [0.2, 0.25) is 0 Å². The largest absolute Gasteiger partial charge is 0.303 e. The van der Waals surface area contributed by atoms with Gasteiger partial charge in [-0.1, -0.05) is 44.4 Å². The van der Waals surface area contributed by atoms with Crippen molar-refractivity contribution in [2.45, 2.75) is 39.0 Å². The average molecular weight is 306 g/mol. The molecule has 3 nitrogen and oxygen atoms in total. The number of nitrogens with zero attached hydrogens (tertiary/aromatic N) is 2. The first-order valence-electron chi connectivity index (χ1n) is 8.46. The maximum absolute atomic E-state index is 11.5. The maximum Gasteiger partial charge on any atom is 0.148 e. The molecule has 0 aliphatic heterocycles. The molecule has 0 N–H and O–H groups in total. The van der Waals surface area contributed by atoms with Crippen molar-refractivity contribution in [3.8, 4) is 6.07 Å². The Hall–Kier alpha value is -2.21. The van der Waals surface area contributed by atoms with Gasteiger partial charge in [-0.25, -0.2) is 4.98 Å². The zero-order valence-electron chi connectivity index (χ0n) is 13.5. The Kier molecular flexibility index (Phi) is 4.71. The molecule has 0 saturated heterocycles. The molecular formula is C20H22N2O. The van der Waals surface area contributed by atoms with Crippen LogP contribution >= 0.6 is 0 Å². The monoisotopic (exact) mass is 306 g/mol. The lowest BCUT2D eigenvalue weighted by molar-refractivity contribution is -0.113. The van der Waals surface area contributed by atoms with Gasteiger partial charge in [0.1, 0.15) is 18.0 Å². The second-order valence-electron chi connectivity index (χ2n) is 6.76. The molecular weight excluding hydrogens is 284 g/mol. The van der Waals surface area contributed by atoms with Crippen molar-refractivity contribution in [2.75, 3.05) is 0 Å². The van der Waals surface area contributed by atoms with E-state index in [1.807, 2.05) is 12.1 Å². The molecule has 0 bridgehead atoms. The minimum atomic E-state index is 0.176. The summed E-state index contributed by atoms with van der Waals surface area (Å²) in [6.07, 6.45) is 8.43. The van der Waals surface area contributed by atoms with E-state index < -0.39 is 0 Å². The number of benzene rings is 1. The van der Waals surface area contributed by atoms with Crippen molar-refractivity contribution in [3.63, 3.8) is 0 Å². The third-order valence-corrected chi connectivity index (χ3v) is 5.31. The Morgan fingerprint density at radius 3 is 2.91 bits per heavy atom. The normalized spacial score (nSPS) is 24.8. The van der Waals surface area contributed by atoms with Crippen molar-refractivity contribution in [1.82, 2.24) is 4.98 Å². The Labute approximate surface area is 137 Å². The number of aldehydes is 1. The van der Waals surface area contributed by atoms with E-state index in [2.05, 4.69) is 30.1 Å². The number of nitriles is 1. The summed E-state index contributed by atoms with van der Waals surface area (Å²) < 4.78 is 0. The van der Waals surface area contributed by atoms with E-state index in [1.54, 1.807) is 6.20 Å². The van der Waals surface area contributed by atoms with Gasteiger partial charge in [-0.05, 0) is 41.7 Å². The van der Waals surface area contributed by atoms with Gasteiger partial charge in [0.05, 0.1) is 0 Å². The maximum atomic E-state index is 11.5. The van der Waals surface area contributed by atoms with Crippen LogP contribution in [-0.4, -0.2) is 11.3 Å². The Balaban J connectivity index is 1.91. The van der Waals surface area contributed by atoms with Crippen molar-refractivity contribution in [2.24, 2.45) is 17.8 Å². The first-order valence-corrected chi connectivity index (χ1v) is 8.46. The quantitative estimate of drug-likeness (QED) is 0.628. The molecule has 3 unspecified atom stereocenters. The summed E-state index contributed by atoms with van der Waals surface area (Å²) in [6.45, 7) is 2.28. The van der Waals surface area contributed by atoms with E-state index in [9.17, 15) is 4.79 Å². The lowest BCUT2D eigenvalue weighted by Crippen LogP contribution is -2.23. The zero-order chi connectivity index (χ0) is 16.2. The van der Waals surface area contributed by atoms with E-state index in [4.69, 9.17) is 5.26 Å². The van der Waals surface area contributed by atoms with Crippen LogP contribution < -0.4 is 0 Å². The van der Waals surface area contributed by atoms with Crippen LogP contribution in [0.1, 0.15) is 43.9 Å². The fraction of sp³-hybridized carbons (Fsp3) is 0.450. The first-order chi connectivity index (χ1) is 11.2. The first kappa shape index (κ1) is 15.7. The number of fused-ring (bicyclic) bond motifs is 1. The topological polar surface area (TPSA) is 53.8 Å². The zero-order valence-corrected chi connectivity index (χ0v) is 13.5. The summed E-state index contributed by atoms with van der Waals surface area (Å²) in [7, 11) is 0. The molecule has 1 heterocycles. The predicted molar refractivity (Wildman–Crippen MR) is 90.8 cm³/mol. The van der Waals surface area contributed by atoms with E-state index in [0.717, 1.165) is 23.6 Å². The van der Waals surface area contributed by atoms with Crippen LogP contribution in [0.5, 0.6) is 0 Å². The highest BCUT2D eigenvalue weighted by Gasteiger charge is 2.28. The summed E-state index contributed by atoms with van der Waals surface area (Å²) >= 11 is 0. The van der Waals surface area contributed by atoms with Gasteiger partial charge in [0, 0.05) is 17.5 Å². The molecule has 0 radical (unpaired) electrons. The summed E-state index contributed by atoms with van der Waals surface area (Å²) in [5.74, 6) is 1.18. The van der Waals surface area contributed by atoms with Gasteiger partial charge in [-0.15, -0.1) is 0 Å². The van der Waals surface area contributed by atoms with Crippen LogP contribution in [0.15, 0.2) is 30.5 Å². The number of carbonyl (C=O) groups excluding carboxylic acids is 1. The molecule has 118 valence electrons. The van der Waals surface area contributed by atoms with Crippen LogP contribution in [0.3, 0.4) is 0 Å². The highest BCUT2D eigenvalue weighted by Crippen LogP contribution is 2.35. The average Bonchev–Trinajstić information content (AvgIpc) is 2.76. The molecule has 1 aromatic heterocycles. The van der Waals surface area contributed by atoms with Gasteiger partial charge in [-0.2, -0.15) is 5.26 Å². The van der Waals surface area contributed by atoms with E-state index in [0.29, 0.717) is 17.5 Å². The summed E-state index contributed by atoms with van der Waals surface area (Å²) in [4.78, 5) is 15.6. The van der Waals surface area contributed by atoms with E-state index in [-0.39, 0.29) is 5.92 Å². The molecule has 1 aromatic carbocycles. The van der Waals surface area contributed by atoms with Crippen LogP contribution in [0.4, 0.5) is 0 Å². The molecule has 23 heavy (non-hydrogen) atoms. The third kappa shape index (κ3) is 3.27. The molecule has 1 saturated carbocycles. The van der Waals surface area contributed by atoms with Gasteiger partial charge in [0.25, 0.3) is 0 Å².